The van der Waals surface area contributed by atoms with Crippen molar-refractivity contribution in [2.75, 3.05) is 0 Å². The molecule has 140 valence electrons. The van der Waals surface area contributed by atoms with Gasteiger partial charge in [0.05, 0.1) is 5.56 Å². The monoisotopic (exact) mass is 373 g/mol. The first-order chi connectivity index (χ1) is 12.9. The van der Waals surface area contributed by atoms with E-state index in [9.17, 15) is 18.0 Å². The number of aromatic nitrogens is 3. The molecule has 3 aromatic rings. The fourth-order valence-corrected chi connectivity index (χ4v) is 3.27. The molecule has 1 aromatic heterocycles. The van der Waals surface area contributed by atoms with Crippen LogP contribution in [0.5, 0.6) is 0 Å². The van der Waals surface area contributed by atoms with Gasteiger partial charge in [0.2, 0.25) is 0 Å². The second-order valence-corrected chi connectivity index (χ2v) is 6.17. The second-order valence-electron chi connectivity index (χ2n) is 6.17. The smallest absolute Gasteiger partial charge is 0.296 e. The Morgan fingerprint density at radius 2 is 1.67 bits per heavy atom. The van der Waals surface area contributed by atoms with E-state index in [1.165, 1.54) is 29.5 Å². The first kappa shape index (κ1) is 18.8. The third-order valence-corrected chi connectivity index (χ3v) is 4.44. The van der Waals surface area contributed by atoms with E-state index < -0.39 is 17.3 Å². The summed E-state index contributed by atoms with van der Waals surface area (Å²) in [4.78, 5) is 17.3. The Balaban J connectivity index is 2.35. The van der Waals surface area contributed by atoms with Crippen molar-refractivity contribution >= 4 is 5.78 Å². The van der Waals surface area contributed by atoms with Crippen LogP contribution in [0.15, 0.2) is 67.3 Å². The van der Waals surface area contributed by atoms with Gasteiger partial charge < -0.3 is 0 Å². The van der Waals surface area contributed by atoms with E-state index in [2.05, 4.69) is 10.1 Å². The van der Waals surface area contributed by atoms with E-state index in [1.807, 2.05) is 6.92 Å². The molecule has 4 nitrogen and oxygen atoms in total. The Kier molecular flexibility index (Phi) is 5.12. The fourth-order valence-electron chi connectivity index (χ4n) is 3.27. The van der Waals surface area contributed by atoms with Gasteiger partial charge in [0.1, 0.15) is 12.7 Å². The number of carbonyl (C=O) groups excluding carboxylic acids is 1. The minimum Gasteiger partial charge on any atom is -0.296 e. The minimum absolute atomic E-state index is 0.186. The number of benzene rings is 2. The van der Waals surface area contributed by atoms with Gasteiger partial charge in [-0.1, -0.05) is 49.4 Å². The van der Waals surface area contributed by atoms with Gasteiger partial charge in [0.15, 0.2) is 11.3 Å². The summed E-state index contributed by atoms with van der Waals surface area (Å²) in [5.41, 5.74) is -1.60. The molecule has 0 fully saturated rings. The van der Waals surface area contributed by atoms with E-state index in [0.717, 1.165) is 12.1 Å². The van der Waals surface area contributed by atoms with Crippen LogP contribution in [0.2, 0.25) is 0 Å². The number of nitrogens with zero attached hydrogens (tertiary/aromatic N) is 3. The molecule has 0 N–H and O–H groups in total. The summed E-state index contributed by atoms with van der Waals surface area (Å²) in [5.74, 6) is -0.249. The molecule has 0 aliphatic carbocycles. The van der Waals surface area contributed by atoms with Crippen molar-refractivity contribution in [3.8, 4) is 0 Å². The van der Waals surface area contributed by atoms with Gasteiger partial charge in [0, 0.05) is 6.42 Å². The molecule has 0 aliphatic heterocycles. The van der Waals surface area contributed by atoms with Crippen LogP contribution < -0.4 is 0 Å². The summed E-state index contributed by atoms with van der Waals surface area (Å²) in [6, 6.07) is 13.6. The molecule has 0 saturated carbocycles. The van der Waals surface area contributed by atoms with E-state index in [1.54, 1.807) is 30.3 Å². The third kappa shape index (κ3) is 3.37. The van der Waals surface area contributed by atoms with Gasteiger partial charge in [-0.2, -0.15) is 18.3 Å². The summed E-state index contributed by atoms with van der Waals surface area (Å²) < 4.78 is 41.3. The van der Waals surface area contributed by atoms with Crippen molar-refractivity contribution < 1.29 is 18.0 Å². The van der Waals surface area contributed by atoms with Crippen LogP contribution in [-0.4, -0.2) is 20.5 Å². The van der Waals surface area contributed by atoms with Crippen LogP contribution in [0.25, 0.3) is 0 Å². The fraction of sp³-hybridized carbons (Fsp3) is 0.250. The van der Waals surface area contributed by atoms with E-state index in [0.29, 0.717) is 12.0 Å². The predicted molar refractivity (Wildman–Crippen MR) is 94.0 cm³/mol. The van der Waals surface area contributed by atoms with Crippen LogP contribution >= 0.6 is 0 Å². The summed E-state index contributed by atoms with van der Waals surface area (Å²) in [7, 11) is 0. The summed E-state index contributed by atoms with van der Waals surface area (Å²) in [6.45, 7) is 1.85. The van der Waals surface area contributed by atoms with Gasteiger partial charge in [-0.15, -0.1) is 0 Å². The SMILES string of the molecule is CCCC(=O)C(c1ccccc1)(c1cccc(C(F)(F)F)c1)n1cncn1. The third-order valence-electron chi connectivity index (χ3n) is 4.44. The van der Waals surface area contributed by atoms with Crippen LogP contribution in [-0.2, 0) is 16.5 Å². The molecule has 7 heteroatoms. The lowest BCUT2D eigenvalue weighted by Crippen LogP contribution is -2.44. The van der Waals surface area contributed by atoms with Crippen LogP contribution in [0, 0.1) is 0 Å². The molecule has 3 rings (SSSR count). The van der Waals surface area contributed by atoms with Crippen molar-refractivity contribution in [3.63, 3.8) is 0 Å². The average molecular weight is 373 g/mol. The zero-order valence-electron chi connectivity index (χ0n) is 14.6. The normalized spacial score (nSPS) is 13.9. The van der Waals surface area contributed by atoms with Gasteiger partial charge in [0.25, 0.3) is 0 Å². The highest BCUT2D eigenvalue weighted by Gasteiger charge is 2.45. The van der Waals surface area contributed by atoms with E-state index in [4.69, 9.17) is 0 Å². The number of hydrogen-bond donors (Lipinski definition) is 0. The molecule has 1 unspecified atom stereocenters. The first-order valence-corrected chi connectivity index (χ1v) is 8.52. The molecule has 1 atom stereocenters. The Morgan fingerprint density at radius 3 is 2.26 bits per heavy atom. The van der Waals surface area contributed by atoms with Gasteiger partial charge in [-0.05, 0) is 29.7 Å². The molecule has 0 spiro atoms. The van der Waals surface area contributed by atoms with Crippen LogP contribution in [0.4, 0.5) is 13.2 Å². The van der Waals surface area contributed by atoms with E-state index in [-0.39, 0.29) is 17.8 Å². The largest absolute Gasteiger partial charge is 0.416 e. The molecule has 27 heavy (non-hydrogen) atoms. The second kappa shape index (κ2) is 7.34. The highest BCUT2D eigenvalue weighted by Crippen LogP contribution is 2.38. The summed E-state index contributed by atoms with van der Waals surface area (Å²) in [5, 5.41) is 4.14. The molecule has 0 radical (unpaired) electrons. The minimum atomic E-state index is -4.52. The molecule has 0 bridgehead atoms. The topological polar surface area (TPSA) is 47.8 Å². The maximum absolute atomic E-state index is 13.4. The maximum Gasteiger partial charge on any atom is 0.416 e. The highest BCUT2D eigenvalue weighted by molar-refractivity contribution is 5.93. The van der Waals surface area contributed by atoms with Crippen LogP contribution in [0.3, 0.4) is 0 Å². The molecule has 0 amide bonds. The number of Topliss-reactive ketones (excluding diaryl/α,β-unsaturated/α-hetero) is 1. The quantitative estimate of drug-likeness (QED) is 0.641. The number of ketones is 1. The van der Waals surface area contributed by atoms with Gasteiger partial charge in [-0.25, -0.2) is 9.67 Å². The maximum atomic E-state index is 13.4. The Morgan fingerprint density at radius 1 is 1.00 bits per heavy atom. The zero-order chi connectivity index (χ0) is 19.5. The predicted octanol–water partition coefficient (Wildman–Crippen LogP) is 4.46. The lowest BCUT2D eigenvalue weighted by atomic mass is 9.77. The molecule has 2 aromatic carbocycles. The Bertz CT molecular complexity index is 908. The lowest BCUT2D eigenvalue weighted by molar-refractivity contribution is -0.138. The molecular formula is C20H18F3N3O. The van der Waals surface area contributed by atoms with E-state index >= 15 is 0 Å². The van der Waals surface area contributed by atoms with Gasteiger partial charge in [-0.3, -0.25) is 4.79 Å². The number of hydrogen-bond acceptors (Lipinski definition) is 3. The Hall–Kier alpha value is -2.96. The molecule has 1 heterocycles. The van der Waals surface area contributed by atoms with Crippen molar-refractivity contribution in [2.45, 2.75) is 31.5 Å². The van der Waals surface area contributed by atoms with Gasteiger partial charge >= 0.3 is 6.18 Å². The highest BCUT2D eigenvalue weighted by atomic mass is 19.4. The van der Waals surface area contributed by atoms with Crippen molar-refractivity contribution in [1.29, 1.82) is 0 Å². The lowest BCUT2D eigenvalue weighted by Gasteiger charge is -2.34. The number of alkyl halides is 3. The zero-order valence-corrected chi connectivity index (χ0v) is 14.6. The number of halogens is 3. The first-order valence-electron chi connectivity index (χ1n) is 8.52. The van der Waals surface area contributed by atoms with Crippen molar-refractivity contribution in [3.05, 3.63) is 83.9 Å². The van der Waals surface area contributed by atoms with Crippen molar-refractivity contribution in [1.82, 2.24) is 14.8 Å². The summed E-state index contributed by atoms with van der Waals surface area (Å²) >= 11 is 0. The number of rotatable bonds is 6. The Labute approximate surface area is 154 Å². The standard InChI is InChI=1S/C20H18F3N3O/c1-2-7-18(27)19(26-14-24-13-25-26,15-8-4-3-5-9-15)16-10-6-11-17(12-16)20(21,22)23/h3-6,8-14H,2,7H2,1H3. The molecule has 0 saturated heterocycles. The average Bonchev–Trinajstić information content (AvgIpc) is 3.18. The molecular weight excluding hydrogens is 355 g/mol. The number of carbonyl (C=O) groups is 1. The van der Waals surface area contributed by atoms with Crippen LogP contribution in [0.1, 0.15) is 36.5 Å². The summed E-state index contributed by atoms with van der Waals surface area (Å²) in [6.07, 6.45) is -1.15. The van der Waals surface area contributed by atoms with Crippen molar-refractivity contribution in [2.24, 2.45) is 0 Å². The molecule has 0 aliphatic rings.